The number of halogens is 1. The monoisotopic (exact) mass is 172 g/mol. The Hall–Kier alpha value is -0.633. The predicted octanol–water partition coefficient (Wildman–Crippen LogP) is 2.92. The zero-order chi connectivity index (χ0) is 7.82. The van der Waals surface area contributed by atoms with Crippen LogP contribution in [0.5, 0.6) is 0 Å². The van der Waals surface area contributed by atoms with Crippen LogP contribution >= 0.6 is 0 Å². The van der Waals surface area contributed by atoms with Crippen molar-refractivity contribution < 1.29 is 4.70 Å². The smallest absolute Gasteiger partial charge is 0.0480 e. The summed E-state index contributed by atoms with van der Waals surface area (Å²) in [6.07, 6.45) is 6.05. The van der Waals surface area contributed by atoms with Crippen LogP contribution in [0.4, 0.5) is 4.70 Å². The van der Waals surface area contributed by atoms with Gasteiger partial charge in [-0.1, -0.05) is 18.2 Å². The van der Waals surface area contributed by atoms with E-state index >= 15 is 0 Å². The molecule has 0 saturated carbocycles. The Kier molecular flexibility index (Phi) is 11.1. The third-order valence-corrected chi connectivity index (χ3v) is 4.50. The van der Waals surface area contributed by atoms with Crippen molar-refractivity contribution in [3.63, 3.8) is 0 Å². The summed E-state index contributed by atoms with van der Waals surface area (Å²) < 4.78 is 0. The molecule has 0 amide bonds. The van der Waals surface area contributed by atoms with Crippen LogP contribution < -0.4 is 0 Å². The molecule has 0 unspecified atom stereocenters. The molecule has 0 aliphatic rings. The van der Waals surface area contributed by atoms with Crippen molar-refractivity contribution in [1.82, 2.24) is 0 Å². The van der Waals surface area contributed by atoms with Gasteiger partial charge in [-0.15, -0.1) is 19.7 Å². The third kappa shape index (κ3) is 7.26. The van der Waals surface area contributed by atoms with Gasteiger partial charge in [0.05, 0.1) is 0 Å². The summed E-state index contributed by atoms with van der Waals surface area (Å²) in [5.41, 5.74) is 0. The molecule has 0 saturated heterocycles. The van der Waals surface area contributed by atoms with Crippen LogP contribution in [0, 0.1) is 0 Å². The molecule has 0 N–H and O–H groups in total. The molecule has 0 spiro atoms. The maximum Gasteiger partial charge on any atom is 0.0480 e. The van der Waals surface area contributed by atoms with Gasteiger partial charge in [0.15, 0.2) is 0 Å². The molecule has 11 heavy (non-hydrogen) atoms. The lowest BCUT2D eigenvalue weighted by molar-refractivity contribution is 1.11. The number of allylic oxidation sites excluding steroid dienone is 3. The van der Waals surface area contributed by atoms with E-state index in [1.54, 1.807) is 0 Å². The number of hydrogen-bond donors (Lipinski definition) is 0. The molecule has 0 nitrogen and oxygen atoms in total. The topological polar surface area (TPSA) is 0 Å². The fraction of sp³-hybridized carbons (Fsp3) is 0.333. The number of rotatable bonds is 6. The van der Waals surface area contributed by atoms with Crippen molar-refractivity contribution in [2.45, 2.75) is 18.1 Å². The van der Waals surface area contributed by atoms with Crippen LogP contribution in [0.2, 0.25) is 18.1 Å². The molecule has 0 bridgehead atoms. The largest absolute Gasteiger partial charge is 0.269 e. The van der Waals surface area contributed by atoms with Crippen LogP contribution in [-0.2, 0) is 0 Å². The minimum atomic E-state index is -0.588. The number of hydrogen-bond acceptors (Lipinski definition) is 0. The first kappa shape index (κ1) is 13.0. The lowest BCUT2D eigenvalue weighted by Gasteiger charge is -2.05. The maximum absolute atomic E-state index is 3.73. The van der Waals surface area contributed by atoms with E-state index in [1.807, 2.05) is 18.2 Å². The van der Waals surface area contributed by atoms with Gasteiger partial charge >= 0.3 is 0 Å². The Morgan fingerprint density at radius 1 is 0.818 bits per heavy atom. The molecule has 64 valence electrons. The van der Waals surface area contributed by atoms with Gasteiger partial charge in [-0.05, 0) is 18.1 Å². The van der Waals surface area contributed by atoms with Crippen LogP contribution in [0.1, 0.15) is 0 Å². The molecule has 0 aromatic carbocycles. The van der Waals surface area contributed by atoms with E-state index in [9.17, 15) is 0 Å². The van der Waals surface area contributed by atoms with Crippen molar-refractivity contribution in [3.05, 3.63) is 38.0 Å². The van der Waals surface area contributed by atoms with Crippen molar-refractivity contribution >= 4 is 8.80 Å². The maximum atomic E-state index is 3.73. The predicted molar refractivity (Wildman–Crippen MR) is 54.7 cm³/mol. The Balaban J connectivity index is 0. The Bertz CT molecular complexity index is 97.0. The summed E-state index contributed by atoms with van der Waals surface area (Å²) in [6, 6.07) is 3.62. The first-order valence-electron chi connectivity index (χ1n) is 3.67. The molecule has 0 fully saturated rings. The fourth-order valence-electron chi connectivity index (χ4n) is 0.996. The average molecular weight is 172 g/mol. The molecule has 0 rings (SSSR count). The third-order valence-electron chi connectivity index (χ3n) is 1.50. The minimum Gasteiger partial charge on any atom is -0.269 e. The SMILES string of the molecule is C=CC[SiH](CC=C)CC=C.F. The lowest BCUT2D eigenvalue weighted by Crippen LogP contribution is -2.07. The molecule has 0 aromatic heterocycles. The van der Waals surface area contributed by atoms with Gasteiger partial charge in [-0.3, -0.25) is 4.70 Å². The fourth-order valence-corrected chi connectivity index (χ4v) is 2.99. The quantitative estimate of drug-likeness (QED) is 0.427. The molecule has 0 radical (unpaired) electrons. The molecular weight excluding hydrogens is 155 g/mol. The van der Waals surface area contributed by atoms with Crippen LogP contribution in [0.15, 0.2) is 38.0 Å². The first-order valence-corrected chi connectivity index (χ1v) is 6.12. The second kappa shape index (κ2) is 9.37. The van der Waals surface area contributed by atoms with Gasteiger partial charge in [0.2, 0.25) is 0 Å². The summed E-state index contributed by atoms with van der Waals surface area (Å²) in [5, 5.41) is 0. The molecule has 0 atom stereocenters. The highest BCUT2D eigenvalue weighted by atomic mass is 28.3. The van der Waals surface area contributed by atoms with Gasteiger partial charge in [0.25, 0.3) is 0 Å². The van der Waals surface area contributed by atoms with E-state index in [0.29, 0.717) is 0 Å². The van der Waals surface area contributed by atoms with E-state index in [4.69, 9.17) is 0 Å². The summed E-state index contributed by atoms with van der Waals surface area (Å²) in [6.45, 7) is 11.2. The van der Waals surface area contributed by atoms with E-state index in [2.05, 4.69) is 19.7 Å². The summed E-state index contributed by atoms with van der Waals surface area (Å²) in [7, 11) is -0.588. The average Bonchev–Trinajstić information content (AvgIpc) is 1.90. The van der Waals surface area contributed by atoms with Crippen molar-refractivity contribution in [2.75, 3.05) is 0 Å². The van der Waals surface area contributed by atoms with Gasteiger partial charge in [0.1, 0.15) is 0 Å². The Morgan fingerprint density at radius 2 is 1.09 bits per heavy atom. The van der Waals surface area contributed by atoms with Crippen LogP contribution in [0.25, 0.3) is 0 Å². The first-order chi connectivity index (χ1) is 4.85. The zero-order valence-electron chi connectivity index (χ0n) is 6.96. The van der Waals surface area contributed by atoms with Gasteiger partial charge < -0.3 is 0 Å². The van der Waals surface area contributed by atoms with Gasteiger partial charge in [-0.2, -0.15) is 0 Å². The highest BCUT2D eigenvalue weighted by Gasteiger charge is 2.02. The molecule has 0 aliphatic carbocycles. The van der Waals surface area contributed by atoms with Crippen molar-refractivity contribution in [2.24, 2.45) is 0 Å². The van der Waals surface area contributed by atoms with E-state index < -0.39 is 8.80 Å². The second-order valence-corrected chi connectivity index (χ2v) is 5.59. The minimum absolute atomic E-state index is 0. The molecular formula is C9H17FSi. The van der Waals surface area contributed by atoms with Crippen molar-refractivity contribution in [3.8, 4) is 0 Å². The van der Waals surface area contributed by atoms with Crippen LogP contribution in [-0.4, -0.2) is 8.80 Å². The Morgan fingerprint density at radius 3 is 1.27 bits per heavy atom. The van der Waals surface area contributed by atoms with Gasteiger partial charge in [0, 0.05) is 8.80 Å². The molecule has 2 heteroatoms. The summed E-state index contributed by atoms with van der Waals surface area (Å²) >= 11 is 0. The highest BCUT2D eigenvalue weighted by molar-refractivity contribution is 6.60. The summed E-state index contributed by atoms with van der Waals surface area (Å²) in [4.78, 5) is 0. The van der Waals surface area contributed by atoms with Crippen molar-refractivity contribution in [1.29, 1.82) is 0 Å². The van der Waals surface area contributed by atoms with E-state index in [-0.39, 0.29) is 4.70 Å². The second-order valence-electron chi connectivity index (χ2n) is 2.44. The molecule has 0 heterocycles. The van der Waals surface area contributed by atoms with Crippen LogP contribution in [0.3, 0.4) is 0 Å². The molecule has 0 aliphatic heterocycles. The molecule has 0 aromatic rings. The van der Waals surface area contributed by atoms with E-state index in [0.717, 1.165) is 0 Å². The normalized spacial score (nSPS) is 8.45. The highest BCUT2D eigenvalue weighted by Crippen LogP contribution is 2.06. The van der Waals surface area contributed by atoms with E-state index in [1.165, 1.54) is 18.1 Å². The summed E-state index contributed by atoms with van der Waals surface area (Å²) in [5.74, 6) is 0. The Labute approximate surface area is 70.3 Å². The standard InChI is InChI=1S/C9H16Si.FH/c1-4-7-10(8-5-2)9-6-3;/h4-6,10H,1-3,7-9H2;1H. The van der Waals surface area contributed by atoms with Gasteiger partial charge in [-0.25, -0.2) is 0 Å². The lowest BCUT2D eigenvalue weighted by atomic mass is 10.7. The zero-order valence-corrected chi connectivity index (χ0v) is 8.11.